The SMILES string of the molecule is Cc1ccnc(C)c1C(=O)N1CCC(C)(N2CCC(N(Cc3ccccc3)C(=O)C3CCOC3)CC2)CC1. The molecule has 0 radical (unpaired) electrons. The fraction of sp³-hybridized carbons (Fsp3) is 0.581. The van der Waals surface area contributed by atoms with Crippen molar-refractivity contribution in [3.8, 4) is 0 Å². The maximum atomic E-state index is 13.6. The molecule has 0 spiro atoms. The van der Waals surface area contributed by atoms with Gasteiger partial charge in [0, 0.05) is 57.1 Å². The van der Waals surface area contributed by atoms with Crippen LogP contribution in [-0.4, -0.2) is 82.5 Å². The lowest BCUT2D eigenvalue weighted by Gasteiger charge is -2.50. The van der Waals surface area contributed by atoms with E-state index in [1.807, 2.05) is 43.0 Å². The Balaban J connectivity index is 1.20. The second-order valence-electron chi connectivity index (χ2n) is 11.6. The van der Waals surface area contributed by atoms with E-state index in [1.54, 1.807) is 6.20 Å². The van der Waals surface area contributed by atoms with Crippen molar-refractivity contribution < 1.29 is 14.3 Å². The number of carbonyl (C=O) groups is 2. The number of hydrogen-bond donors (Lipinski definition) is 0. The van der Waals surface area contributed by atoms with Crippen LogP contribution >= 0.6 is 0 Å². The molecular formula is C31H42N4O3. The van der Waals surface area contributed by atoms with Crippen LogP contribution in [0.3, 0.4) is 0 Å². The summed E-state index contributed by atoms with van der Waals surface area (Å²) < 4.78 is 5.56. The summed E-state index contributed by atoms with van der Waals surface area (Å²) in [5.74, 6) is 0.354. The topological polar surface area (TPSA) is 66.0 Å². The number of pyridine rings is 1. The zero-order valence-corrected chi connectivity index (χ0v) is 23.2. The lowest BCUT2D eigenvalue weighted by molar-refractivity contribution is -0.140. The van der Waals surface area contributed by atoms with Crippen LogP contribution in [0.15, 0.2) is 42.6 Å². The van der Waals surface area contributed by atoms with Crippen LogP contribution in [0, 0.1) is 19.8 Å². The van der Waals surface area contributed by atoms with Gasteiger partial charge in [-0.3, -0.25) is 19.5 Å². The number of amides is 2. The van der Waals surface area contributed by atoms with Gasteiger partial charge in [0.1, 0.15) is 0 Å². The number of likely N-dealkylation sites (tertiary alicyclic amines) is 2. The summed E-state index contributed by atoms with van der Waals surface area (Å²) in [4.78, 5) is 38.0. The molecule has 1 unspecified atom stereocenters. The van der Waals surface area contributed by atoms with Crippen LogP contribution in [0.2, 0.25) is 0 Å². The minimum atomic E-state index is -0.0109. The molecule has 204 valence electrons. The lowest BCUT2D eigenvalue weighted by Crippen LogP contribution is -2.58. The van der Waals surface area contributed by atoms with Crippen molar-refractivity contribution in [3.63, 3.8) is 0 Å². The number of nitrogens with zero attached hydrogens (tertiary/aromatic N) is 4. The zero-order valence-electron chi connectivity index (χ0n) is 23.2. The van der Waals surface area contributed by atoms with Crippen LogP contribution in [-0.2, 0) is 16.1 Å². The molecule has 7 heteroatoms. The molecule has 38 heavy (non-hydrogen) atoms. The van der Waals surface area contributed by atoms with E-state index in [4.69, 9.17) is 4.74 Å². The maximum Gasteiger partial charge on any atom is 0.255 e. The van der Waals surface area contributed by atoms with Gasteiger partial charge in [0.2, 0.25) is 5.91 Å². The molecule has 2 amide bonds. The Morgan fingerprint density at radius 2 is 1.74 bits per heavy atom. The van der Waals surface area contributed by atoms with Gasteiger partial charge in [-0.25, -0.2) is 0 Å². The third-order valence-electron chi connectivity index (χ3n) is 9.12. The van der Waals surface area contributed by atoms with Crippen molar-refractivity contribution in [1.29, 1.82) is 0 Å². The van der Waals surface area contributed by atoms with Crippen molar-refractivity contribution >= 4 is 11.8 Å². The molecule has 1 aromatic carbocycles. The maximum absolute atomic E-state index is 13.6. The number of benzene rings is 1. The van der Waals surface area contributed by atoms with Gasteiger partial charge in [-0.15, -0.1) is 0 Å². The van der Waals surface area contributed by atoms with Crippen molar-refractivity contribution in [1.82, 2.24) is 19.7 Å². The van der Waals surface area contributed by atoms with E-state index in [0.717, 1.165) is 75.1 Å². The monoisotopic (exact) mass is 518 g/mol. The predicted molar refractivity (Wildman–Crippen MR) is 148 cm³/mol. The van der Waals surface area contributed by atoms with Gasteiger partial charge in [0.15, 0.2) is 0 Å². The average molecular weight is 519 g/mol. The van der Waals surface area contributed by atoms with E-state index in [9.17, 15) is 9.59 Å². The molecule has 0 saturated carbocycles. The number of hydrogen-bond acceptors (Lipinski definition) is 5. The molecular weight excluding hydrogens is 476 g/mol. The van der Waals surface area contributed by atoms with Crippen LogP contribution in [0.5, 0.6) is 0 Å². The largest absolute Gasteiger partial charge is 0.381 e. The summed E-state index contributed by atoms with van der Waals surface area (Å²) in [5.41, 5.74) is 3.83. The summed E-state index contributed by atoms with van der Waals surface area (Å²) in [5, 5.41) is 0. The Bertz CT molecular complexity index is 1090. The van der Waals surface area contributed by atoms with E-state index < -0.39 is 0 Å². The summed E-state index contributed by atoms with van der Waals surface area (Å²) in [6.45, 7) is 11.7. The Morgan fingerprint density at radius 3 is 2.37 bits per heavy atom. The van der Waals surface area contributed by atoms with Crippen LogP contribution in [0.1, 0.15) is 66.2 Å². The van der Waals surface area contributed by atoms with E-state index in [-0.39, 0.29) is 29.3 Å². The van der Waals surface area contributed by atoms with Gasteiger partial charge in [-0.1, -0.05) is 30.3 Å². The number of carbonyl (C=O) groups excluding carboxylic acids is 2. The van der Waals surface area contributed by atoms with Gasteiger partial charge in [0.25, 0.3) is 5.91 Å². The molecule has 5 rings (SSSR count). The highest BCUT2D eigenvalue weighted by molar-refractivity contribution is 5.96. The minimum Gasteiger partial charge on any atom is -0.381 e. The van der Waals surface area contributed by atoms with Gasteiger partial charge in [-0.2, -0.15) is 0 Å². The molecule has 2 aromatic rings. The third kappa shape index (κ3) is 5.64. The summed E-state index contributed by atoms with van der Waals surface area (Å²) in [6, 6.07) is 12.5. The molecule has 4 heterocycles. The van der Waals surface area contributed by atoms with E-state index in [2.05, 4.69) is 33.8 Å². The van der Waals surface area contributed by atoms with Gasteiger partial charge in [0.05, 0.1) is 23.8 Å². The first kappa shape index (κ1) is 26.8. The number of ether oxygens (including phenoxy) is 1. The van der Waals surface area contributed by atoms with Gasteiger partial charge in [-0.05, 0) is 70.1 Å². The third-order valence-corrected chi connectivity index (χ3v) is 9.12. The number of rotatable bonds is 6. The molecule has 3 aliphatic heterocycles. The molecule has 3 fully saturated rings. The lowest BCUT2D eigenvalue weighted by atomic mass is 9.85. The second kappa shape index (κ2) is 11.5. The zero-order chi connectivity index (χ0) is 26.7. The van der Waals surface area contributed by atoms with Crippen molar-refractivity contribution in [2.45, 2.75) is 71.0 Å². The second-order valence-corrected chi connectivity index (χ2v) is 11.6. The van der Waals surface area contributed by atoms with Crippen LogP contribution < -0.4 is 0 Å². The first-order valence-corrected chi connectivity index (χ1v) is 14.2. The Labute approximate surface area is 227 Å². The van der Waals surface area contributed by atoms with E-state index >= 15 is 0 Å². The molecule has 3 saturated heterocycles. The van der Waals surface area contributed by atoms with Crippen molar-refractivity contribution in [2.75, 3.05) is 39.4 Å². The van der Waals surface area contributed by atoms with E-state index in [0.29, 0.717) is 19.8 Å². The molecule has 3 aliphatic rings. The smallest absolute Gasteiger partial charge is 0.255 e. The Kier molecular flexibility index (Phi) is 8.15. The molecule has 0 bridgehead atoms. The molecule has 0 N–H and O–H groups in total. The average Bonchev–Trinajstić information content (AvgIpc) is 3.48. The molecule has 1 aromatic heterocycles. The Hall–Kier alpha value is -2.77. The normalized spacial score (nSPS) is 22.4. The van der Waals surface area contributed by atoms with Gasteiger partial charge < -0.3 is 14.5 Å². The quantitative estimate of drug-likeness (QED) is 0.573. The molecule has 7 nitrogen and oxygen atoms in total. The van der Waals surface area contributed by atoms with Crippen molar-refractivity contribution in [3.05, 3.63) is 65.0 Å². The number of aromatic nitrogens is 1. The van der Waals surface area contributed by atoms with Gasteiger partial charge >= 0.3 is 0 Å². The fourth-order valence-corrected chi connectivity index (χ4v) is 6.53. The molecule has 0 aliphatic carbocycles. The standard InChI is InChI=1S/C31H42N4O3/c1-23-9-15-32-24(2)28(23)30(37)33-18-13-31(3,14-19-33)34-16-10-27(11-17-34)35(21-25-7-5-4-6-8-25)29(36)26-12-20-38-22-26/h4-9,15,26-27H,10-14,16-22H2,1-3H3. The minimum absolute atomic E-state index is 0.0109. The first-order valence-electron chi connectivity index (χ1n) is 14.2. The highest BCUT2D eigenvalue weighted by Gasteiger charge is 2.41. The first-order chi connectivity index (χ1) is 18.4. The fourth-order valence-electron chi connectivity index (χ4n) is 6.53. The van der Waals surface area contributed by atoms with Crippen molar-refractivity contribution in [2.24, 2.45) is 5.92 Å². The summed E-state index contributed by atoms with van der Waals surface area (Å²) >= 11 is 0. The number of aryl methyl sites for hydroxylation is 2. The Morgan fingerprint density at radius 1 is 1.03 bits per heavy atom. The highest BCUT2D eigenvalue weighted by atomic mass is 16.5. The summed E-state index contributed by atoms with van der Waals surface area (Å²) in [6.07, 6.45) is 6.50. The molecule has 1 atom stereocenters. The summed E-state index contributed by atoms with van der Waals surface area (Å²) in [7, 11) is 0. The number of piperidine rings is 2. The van der Waals surface area contributed by atoms with Crippen LogP contribution in [0.4, 0.5) is 0 Å². The van der Waals surface area contributed by atoms with E-state index in [1.165, 1.54) is 5.56 Å². The predicted octanol–water partition coefficient (Wildman–Crippen LogP) is 4.22. The highest BCUT2D eigenvalue weighted by Crippen LogP contribution is 2.34. The van der Waals surface area contributed by atoms with Crippen LogP contribution in [0.25, 0.3) is 0 Å².